The van der Waals surface area contributed by atoms with E-state index in [9.17, 15) is 0 Å². The molecule has 0 amide bonds. The molecule has 0 atom stereocenters. The standard InChI is InChI=1S/C14H13BrN6/c15-12-7-10(5-6-16-12)17-8-13-18-14-4-3-11(9-1-2-9)19-21(14)20-13/h3-7,9H,1-2,8H2,(H,16,17). The Labute approximate surface area is 129 Å². The molecule has 3 heterocycles. The number of hydrogen-bond acceptors (Lipinski definition) is 5. The summed E-state index contributed by atoms with van der Waals surface area (Å²) in [6, 6.07) is 7.86. The highest BCUT2D eigenvalue weighted by atomic mass is 79.9. The van der Waals surface area contributed by atoms with Crippen molar-refractivity contribution in [1.82, 2.24) is 24.8 Å². The molecule has 21 heavy (non-hydrogen) atoms. The maximum absolute atomic E-state index is 4.52. The third kappa shape index (κ3) is 2.73. The third-order valence-corrected chi connectivity index (χ3v) is 3.88. The molecule has 0 saturated heterocycles. The molecule has 4 rings (SSSR count). The summed E-state index contributed by atoms with van der Waals surface area (Å²) in [6.45, 7) is 0.554. The fraction of sp³-hybridized carbons (Fsp3) is 0.286. The average Bonchev–Trinajstić information content (AvgIpc) is 3.25. The van der Waals surface area contributed by atoms with E-state index in [0.717, 1.165) is 27.5 Å². The van der Waals surface area contributed by atoms with Gasteiger partial charge in [0.2, 0.25) is 0 Å². The van der Waals surface area contributed by atoms with Gasteiger partial charge in [-0.15, -0.1) is 9.73 Å². The van der Waals surface area contributed by atoms with Gasteiger partial charge in [-0.05, 0) is 53.0 Å². The molecule has 1 fully saturated rings. The van der Waals surface area contributed by atoms with Crippen LogP contribution in [0.15, 0.2) is 35.1 Å². The second-order valence-corrected chi connectivity index (χ2v) is 5.94. The van der Waals surface area contributed by atoms with E-state index in [2.05, 4.69) is 47.5 Å². The van der Waals surface area contributed by atoms with Crippen molar-refractivity contribution in [3.05, 3.63) is 46.6 Å². The first-order valence-electron chi connectivity index (χ1n) is 6.86. The van der Waals surface area contributed by atoms with E-state index in [1.54, 1.807) is 10.8 Å². The zero-order valence-electron chi connectivity index (χ0n) is 11.2. The summed E-state index contributed by atoms with van der Waals surface area (Å²) < 4.78 is 2.43. The van der Waals surface area contributed by atoms with E-state index in [-0.39, 0.29) is 0 Å². The van der Waals surface area contributed by atoms with E-state index in [1.807, 2.05) is 18.2 Å². The molecule has 0 aliphatic heterocycles. The van der Waals surface area contributed by atoms with Crippen molar-refractivity contribution >= 4 is 27.3 Å². The van der Waals surface area contributed by atoms with Crippen molar-refractivity contribution in [2.75, 3.05) is 5.32 Å². The molecule has 3 aromatic heterocycles. The highest BCUT2D eigenvalue weighted by Gasteiger charge is 2.25. The van der Waals surface area contributed by atoms with Gasteiger partial charge >= 0.3 is 0 Å². The topological polar surface area (TPSA) is 68.0 Å². The van der Waals surface area contributed by atoms with Crippen LogP contribution in [-0.4, -0.2) is 24.8 Å². The third-order valence-electron chi connectivity index (χ3n) is 3.44. The van der Waals surface area contributed by atoms with Gasteiger partial charge in [0.05, 0.1) is 12.2 Å². The van der Waals surface area contributed by atoms with Gasteiger partial charge in [-0.1, -0.05) is 0 Å². The Hall–Kier alpha value is -2.02. The number of rotatable bonds is 4. The number of anilines is 1. The number of halogens is 1. The first kappa shape index (κ1) is 12.7. The smallest absolute Gasteiger partial charge is 0.176 e. The second kappa shape index (κ2) is 5.07. The molecule has 1 N–H and O–H groups in total. The molecule has 3 aromatic rings. The molecule has 6 nitrogen and oxygen atoms in total. The van der Waals surface area contributed by atoms with Crippen LogP contribution in [0.3, 0.4) is 0 Å². The van der Waals surface area contributed by atoms with Gasteiger partial charge in [-0.25, -0.2) is 9.97 Å². The molecule has 1 aliphatic carbocycles. The zero-order valence-corrected chi connectivity index (χ0v) is 12.8. The Morgan fingerprint density at radius 3 is 2.95 bits per heavy atom. The Morgan fingerprint density at radius 1 is 1.24 bits per heavy atom. The molecule has 0 aromatic carbocycles. The summed E-state index contributed by atoms with van der Waals surface area (Å²) in [5.41, 5.74) is 2.87. The number of aromatic nitrogens is 5. The first-order chi connectivity index (χ1) is 10.3. The van der Waals surface area contributed by atoms with E-state index in [0.29, 0.717) is 12.5 Å². The summed E-state index contributed by atoms with van der Waals surface area (Å²) in [5.74, 6) is 1.35. The van der Waals surface area contributed by atoms with Crippen molar-refractivity contribution in [3.8, 4) is 0 Å². The van der Waals surface area contributed by atoms with Crippen molar-refractivity contribution in [1.29, 1.82) is 0 Å². The minimum Gasteiger partial charge on any atom is -0.378 e. The van der Waals surface area contributed by atoms with E-state index in [4.69, 9.17) is 0 Å². The van der Waals surface area contributed by atoms with Crippen LogP contribution in [0.1, 0.15) is 30.3 Å². The van der Waals surface area contributed by atoms with E-state index in [1.165, 1.54) is 12.8 Å². The number of pyridine rings is 1. The molecule has 1 aliphatic rings. The lowest BCUT2D eigenvalue weighted by molar-refractivity contribution is 0.743. The molecular formula is C14H13BrN6. The van der Waals surface area contributed by atoms with Gasteiger partial charge < -0.3 is 5.32 Å². The normalized spacial score (nSPS) is 14.5. The highest BCUT2D eigenvalue weighted by molar-refractivity contribution is 9.10. The van der Waals surface area contributed by atoms with Crippen molar-refractivity contribution in [2.45, 2.75) is 25.3 Å². The van der Waals surface area contributed by atoms with Gasteiger partial charge in [0.25, 0.3) is 0 Å². The van der Waals surface area contributed by atoms with Crippen LogP contribution in [0, 0.1) is 0 Å². The fourth-order valence-corrected chi connectivity index (χ4v) is 2.57. The maximum Gasteiger partial charge on any atom is 0.176 e. The van der Waals surface area contributed by atoms with Gasteiger partial charge in [-0.3, -0.25) is 0 Å². The van der Waals surface area contributed by atoms with Gasteiger partial charge in [0.1, 0.15) is 4.60 Å². The maximum atomic E-state index is 4.52. The van der Waals surface area contributed by atoms with E-state index >= 15 is 0 Å². The minimum absolute atomic E-state index is 0.554. The summed E-state index contributed by atoms with van der Waals surface area (Å²) in [4.78, 5) is 8.56. The van der Waals surface area contributed by atoms with Crippen LogP contribution in [0.2, 0.25) is 0 Å². The lowest BCUT2D eigenvalue weighted by atomic mass is 10.3. The molecule has 1 saturated carbocycles. The molecular weight excluding hydrogens is 332 g/mol. The van der Waals surface area contributed by atoms with Gasteiger partial charge in [0.15, 0.2) is 11.5 Å². The Kier molecular flexibility index (Phi) is 3.07. The summed E-state index contributed by atoms with van der Waals surface area (Å²) in [7, 11) is 0. The fourth-order valence-electron chi connectivity index (χ4n) is 2.21. The Morgan fingerprint density at radius 2 is 2.14 bits per heavy atom. The van der Waals surface area contributed by atoms with Crippen molar-refractivity contribution in [3.63, 3.8) is 0 Å². The van der Waals surface area contributed by atoms with Crippen molar-refractivity contribution < 1.29 is 0 Å². The van der Waals surface area contributed by atoms with Gasteiger partial charge in [-0.2, -0.15) is 5.10 Å². The van der Waals surface area contributed by atoms with Crippen LogP contribution < -0.4 is 5.32 Å². The number of nitrogens with zero attached hydrogens (tertiary/aromatic N) is 5. The second-order valence-electron chi connectivity index (χ2n) is 5.13. The number of nitrogens with one attached hydrogen (secondary N) is 1. The Bertz CT molecular complexity index is 795. The minimum atomic E-state index is 0.554. The van der Waals surface area contributed by atoms with Crippen LogP contribution >= 0.6 is 15.9 Å². The molecule has 7 heteroatoms. The first-order valence-corrected chi connectivity index (χ1v) is 7.65. The Balaban J connectivity index is 1.53. The predicted octanol–water partition coefficient (Wildman–Crippen LogP) is 2.77. The lowest BCUT2D eigenvalue weighted by Gasteiger charge is -2.02. The molecule has 0 bridgehead atoms. The zero-order chi connectivity index (χ0) is 14.2. The number of hydrogen-bond donors (Lipinski definition) is 1. The quantitative estimate of drug-likeness (QED) is 0.737. The monoisotopic (exact) mass is 344 g/mol. The lowest BCUT2D eigenvalue weighted by Crippen LogP contribution is -2.02. The molecule has 0 unspecified atom stereocenters. The summed E-state index contributed by atoms with van der Waals surface area (Å²) >= 11 is 3.35. The molecule has 0 spiro atoms. The number of fused-ring (bicyclic) bond motifs is 1. The van der Waals surface area contributed by atoms with Crippen LogP contribution in [0.5, 0.6) is 0 Å². The van der Waals surface area contributed by atoms with Crippen molar-refractivity contribution in [2.24, 2.45) is 0 Å². The van der Waals surface area contributed by atoms with Crippen LogP contribution in [-0.2, 0) is 6.54 Å². The molecule has 0 radical (unpaired) electrons. The van der Waals surface area contributed by atoms with Crippen LogP contribution in [0.4, 0.5) is 5.69 Å². The van der Waals surface area contributed by atoms with Crippen LogP contribution in [0.25, 0.3) is 5.65 Å². The average molecular weight is 345 g/mol. The summed E-state index contributed by atoms with van der Waals surface area (Å²) in [6.07, 6.45) is 4.21. The summed E-state index contributed by atoms with van der Waals surface area (Å²) in [5, 5.41) is 12.2. The van der Waals surface area contributed by atoms with E-state index < -0.39 is 0 Å². The SMILES string of the molecule is Brc1cc(NCc2nc3ccc(C4CC4)nn3n2)ccn1. The largest absolute Gasteiger partial charge is 0.378 e. The van der Waals surface area contributed by atoms with Gasteiger partial charge in [0, 0.05) is 17.8 Å². The predicted molar refractivity (Wildman–Crippen MR) is 82.0 cm³/mol. The molecule has 106 valence electrons. The highest BCUT2D eigenvalue weighted by Crippen LogP contribution is 2.38.